The number of anilines is 2. The van der Waals surface area contributed by atoms with Crippen molar-refractivity contribution >= 4 is 28.0 Å². The number of hydrogen-bond acceptors (Lipinski definition) is 6. The topological polar surface area (TPSA) is 98.9 Å². The number of aromatic nitrogens is 2. The molecule has 0 unspecified atom stereocenters. The highest BCUT2D eigenvalue weighted by Gasteiger charge is 2.15. The normalized spacial score (nSPS) is 9.78. The summed E-state index contributed by atoms with van der Waals surface area (Å²) in [6, 6.07) is 5.11. The maximum atomic E-state index is 11.0. The minimum atomic E-state index is -1.09. The van der Waals surface area contributed by atoms with E-state index in [0.717, 1.165) is 0 Å². The van der Waals surface area contributed by atoms with E-state index in [1.165, 1.54) is 17.5 Å². The number of carbonyl (C=O) groups is 1. The van der Waals surface area contributed by atoms with Crippen LogP contribution in [0.2, 0.25) is 0 Å². The maximum absolute atomic E-state index is 11.0. The zero-order chi connectivity index (χ0) is 13.1. The van der Waals surface area contributed by atoms with Gasteiger partial charge in [0.1, 0.15) is 16.8 Å². The first-order valence-electron chi connectivity index (χ1n) is 4.94. The van der Waals surface area contributed by atoms with Crippen molar-refractivity contribution in [1.29, 1.82) is 5.26 Å². The van der Waals surface area contributed by atoms with Gasteiger partial charge in [-0.3, -0.25) is 0 Å². The third-order valence-electron chi connectivity index (χ3n) is 2.07. The number of nitriles is 1. The highest BCUT2D eigenvalue weighted by molar-refractivity contribution is 7.16. The van der Waals surface area contributed by atoms with E-state index < -0.39 is 5.97 Å². The summed E-state index contributed by atoms with van der Waals surface area (Å²) in [7, 11) is 0. The summed E-state index contributed by atoms with van der Waals surface area (Å²) in [5.74, 6) is -1.09. The second kappa shape index (κ2) is 4.81. The van der Waals surface area contributed by atoms with Gasteiger partial charge in [-0.25, -0.2) is 14.8 Å². The largest absolute Gasteiger partial charge is 0.476 e. The molecule has 2 N–H and O–H groups in total. The molecule has 18 heavy (non-hydrogen) atoms. The molecule has 90 valence electrons. The zero-order valence-corrected chi connectivity index (χ0v) is 10.2. The maximum Gasteiger partial charge on any atom is 0.357 e. The average molecular weight is 260 g/mol. The van der Waals surface area contributed by atoms with Gasteiger partial charge in [-0.2, -0.15) is 5.26 Å². The van der Waals surface area contributed by atoms with Crippen molar-refractivity contribution in [3.05, 3.63) is 34.7 Å². The lowest BCUT2D eigenvalue weighted by Gasteiger charge is -2.03. The molecule has 7 heteroatoms. The minimum absolute atomic E-state index is 0.0205. The lowest BCUT2D eigenvalue weighted by Crippen LogP contribution is -2.01. The number of carboxylic acids is 1. The van der Waals surface area contributed by atoms with Crippen molar-refractivity contribution in [1.82, 2.24) is 9.97 Å². The highest BCUT2D eigenvalue weighted by atomic mass is 32.1. The molecule has 2 rings (SSSR count). The molecule has 0 aromatic carbocycles. The zero-order valence-electron chi connectivity index (χ0n) is 9.34. The van der Waals surface area contributed by atoms with Crippen LogP contribution in [0.15, 0.2) is 18.3 Å². The lowest BCUT2D eigenvalue weighted by atomic mass is 10.3. The van der Waals surface area contributed by atoms with Crippen LogP contribution in [0.1, 0.15) is 21.2 Å². The van der Waals surface area contributed by atoms with Crippen molar-refractivity contribution in [2.45, 2.75) is 6.92 Å². The third kappa shape index (κ3) is 2.44. The van der Waals surface area contributed by atoms with Crippen LogP contribution in [0.5, 0.6) is 0 Å². The number of nitrogens with one attached hydrogen (secondary N) is 1. The molecule has 0 radical (unpaired) electrons. The Morgan fingerprint density at radius 3 is 3.06 bits per heavy atom. The quantitative estimate of drug-likeness (QED) is 0.877. The Balaban J connectivity index is 2.34. The second-order valence-corrected chi connectivity index (χ2v) is 4.59. The van der Waals surface area contributed by atoms with Gasteiger partial charge < -0.3 is 10.4 Å². The number of aromatic carboxylic acids is 1. The van der Waals surface area contributed by atoms with Crippen LogP contribution in [0.3, 0.4) is 0 Å². The Hall–Kier alpha value is -2.46. The van der Waals surface area contributed by atoms with E-state index in [-0.39, 0.29) is 11.4 Å². The third-order valence-corrected chi connectivity index (χ3v) is 2.96. The molecule has 0 atom stereocenters. The lowest BCUT2D eigenvalue weighted by molar-refractivity contribution is 0.0692. The summed E-state index contributed by atoms with van der Waals surface area (Å²) in [6.07, 6.45) is 1.48. The molecule has 0 bridgehead atoms. The molecule has 0 aliphatic heterocycles. The van der Waals surface area contributed by atoms with Crippen molar-refractivity contribution in [2.24, 2.45) is 0 Å². The van der Waals surface area contributed by atoms with Gasteiger partial charge in [-0.05, 0) is 19.1 Å². The SMILES string of the molecule is Cc1nc(C(=O)O)c(Nc2ccnc(C#N)c2)s1. The summed E-state index contributed by atoms with van der Waals surface area (Å²) >= 11 is 1.24. The summed E-state index contributed by atoms with van der Waals surface area (Å²) < 4.78 is 0. The standard InChI is InChI=1S/C11H8N4O2S/c1-6-14-9(11(16)17)10(18-6)15-7-2-3-13-8(4-7)5-12/h2-4H,1H3,(H,13,15)(H,16,17). The number of hydrogen-bond donors (Lipinski definition) is 2. The molecule has 0 fully saturated rings. The molecule has 0 aliphatic rings. The van der Waals surface area contributed by atoms with E-state index in [0.29, 0.717) is 15.7 Å². The predicted molar refractivity (Wildman–Crippen MR) is 66.0 cm³/mol. The molecule has 2 aromatic heterocycles. The molecular formula is C11H8N4O2S. The Morgan fingerprint density at radius 2 is 2.39 bits per heavy atom. The molecule has 6 nitrogen and oxygen atoms in total. The van der Waals surface area contributed by atoms with Gasteiger partial charge >= 0.3 is 5.97 Å². The van der Waals surface area contributed by atoms with Gasteiger partial charge in [-0.1, -0.05) is 0 Å². The van der Waals surface area contributed by atoms with Crippen molar-refractivity contribution in [2.75, 3.05) is 5.32 Å². The summed E-state index contributed by atoms with van der Waals surface area (Å²) in [6.45, 7) is 1.73. The first-order valence-corrected chi connectivity index (χ1v) is 5.75. The van der Waals surface area contributed by atoms with Gasteiger partial charge in [-0.15, -0.1) is 11.3 Å². The first-order chi connectivity index (χ1) is 8.60. The molecule has 2 heterocycles. The second-order valence-electron chi connectivity index (χ2n) is 3.38. The van der Waals surface area contributed by atoms with Gasteiger partial charge in [0, 0.05) is 11.9 Å². The molecule has 0 amide bonds. The van der Waals surface area contributed by atoms with Crippen LogP contribution in [-0.2, 0) is 0 Å². The number of pyridine rings is 1. The van der Waals surface area contributed by atoms with Crippen LogP contribution in [-0.4, -0.2) is 21.0 Å². The van der Waals surface area contributed by atoms with E-state index in [9.17, 15) is 4.79 Å². The monoisotopic (exact) mass is 260 g/mol. The Bertz CT molecular complexity index is 645. The van der Waals surface area contributed by atoms with Crippen molar-refractivity contribution in [3.8, 4) is 6.07 Å². The van der Waals surface area contributed by atoms with Gasteiger partial charge in [0.15, 0.2) is 5.69 Å². The smallest absolute Gasteiger partial charge is 0.357 e. The summed E-state index contributed by atoms with van der Waals surface area (Å²) in [5.41, 5.74) is 0.846. The highest BCUT2D eigenvalue weighted by Crippen LogP contribution is 2.27. The summed E-state index contributed by atoms with van der Waals surface area (Å²) in [4.78, 5) is 18.7. The van der Waals surface area contributed by atoms with Crippen LogP contribution in [0.4, 0.5) is 10.7 Å². The van der Waals surface area contributed by atoms with E-state index in [4.69, 9.17) is 10.4 Å². The van der Waals surface area contributed by atoms with Gasteiger partial charge in [0.25, 0.3) is 0 Å². The molecule has 0 spiro atoms. The fourth-order valence-electron chi connectivity index (χ4n) is 1.36. The van der Waals surface area contributed by atoms with Crippen LogP contribution in [0.25, 0.3) is 0 Å². The fraction of sp³-hybridized carbons (Fsp3) is 0.0909. The van der Waals surface area contributed by atoms with E-state index in [1.807, 2.05) is 6.07 Å². The Labute approximate surface area is 107 Å². The van der Waals surface area contributed by atoms with Crippen molar-refractivity contribution < 1.29 is 9.90 Å². The van der Waals surface area contributed by atoms with Gasteiger partial charge in [0.2, 0.25) is 0 Å². The molecule has 0 aliphatic carbocycles. The predicted octanol–water partition coefficient (Wildman–Crippen LogP) is 2.16. The van der Waals surface area contributed by atoms with E-state index in [2.05, 4.69) is 15.3 Å². The van der Waals surface area contributed by atoms with Crippen molar-refractivity contribution in [3.63, 3.8) is 0 Å². The van der Waals surface area contributed by atoms with E-state index in [1.54, 1.807) is 19.1 Å². The minimum Gasteiger partial charge on any atom is -0.476 e. The molecular weight excluding hydrogens is 252 g/mol. The Kier molecular flexibility index (Phi) is 3.21. The number of aryl methyl sites for hydroxylation is 1. The van der Waals surface area contributed by atoms with E-state index >= 15 is 0 Å². The number of carboxylic acid groups (broad SMARTS) is 1. The van der Waals surface area contributed by atoms with Crippen LogP contribution >= 0.6 is 11.3 Å². The molecule has 0 saturated heterocycles. The molecule has 2 aromatic rings. The first kappa shape index (κ1) is 12.0. The number of thiazole rings is 1. The van der Waals surface area contributed by atoms with Crippen LogP contribution in [0, 0.1) is 18.3 Å². The molecule has 0 saturated carbocycles. The van der Waals surface area contributed by atoms with Gasteiger partial charge in [0.05, 0.1) is 5.01 Å². The Morgan fingerprint density at radius 1 is 1.61 bits per heavy atom. The average Bonchev–Trinajstić information content (AvgIpc) is 2.70. The fourth-order valence-corrected chi connectivity index (χ4v) is 2.19. The number of nitrogens with zero attached hydrogens (tertiary/aromatic N) is 3. The number of rotatable bonds is 3. The van der Waals surface area contributed by atoms with Crippen LogP contribution < -0.4 is 5.32 Å². The summed E-state index contributed by atoms with van der Waals surface area (Å²) in [5, 5.41) is 21.8.